The van der Waals surface area contributed by atoms with Crippen LogP contribution in [0.2, 0.25) is 0 Å². The van der Waals surface area contributed by atoms with Crippen molar-refractivity contribution in [1.82, 2.24) is 14.5 Å². The van der Waals surface area contributed by atoms with Crippen LogP contribution >= 0.6 is 0 Å². The molecule has 1 aromatic heterocycles. The zero-order valence-corrected chi connectivity index (χ0v) is 15.4. The highest BCUT2D eigenvalue weighted by molar-refractivity contribution is 5.51. The average molecular weight is 371 g/mol. The zero-order valence-electron chi connectivity index (χ0n) is 15.4. The van der Waals surface area contributed by atoms with Gasteiger partial charge in [0.25, 0.3) is 5.56 Å². The maximum atomic E-state index is 14.3. The van der Waals surface area contributed by atoms with Crippen molar-refractivity contribution in [2.24, 2.45) is 14.1 Å². The number of aryl methyl sites for hydroxylation is 1. The second kappa shape index (κ2) is 7.76. The van der Waals surface area contributed by atoms with Gasteiger partial charge in [-0.2, -0.15) is 5.26 Å². The van der Waals surface area contributed by atoms with Gasteiger partial charge >= 0.3 is 5.69 Å². The van der Waals surface area contributed by atoms with Gasteiger partial charge in [-0.3, -0.25) is 9.36 Å². The Hall–Kier alpha value is -2.92. The van der Waals surface area contributed by atoms with E-state index in [2.05, 4.69) is 5.32 Å². The maximum Gasteiger partial charge on any atom is 0.330 e. The molecule has 1 atom stereocenters. The third-order valence-electron chi connectivity index (χ3n) is 4.94. The summed E-state index contributed by atoms with van der Waals surface area (Å²) in [6.45, 7) is 1.69. The first-order valence-corrected chi connectivity index (χ1v) is 8.84. The van der Waals surface area contributed by atoms with Gasteiger partial charge < -0.3 is 14.8 Å². The number of hydrogen-bond acceptors (Lipinski definition) is 5. The van der Waals surface area contributed by atoms with E-state index in [1.54, 1.807) is 25.4 Å². The first-order chi connectivity index (χ1) is 12.9. The summed E-state index contributed by atoms with van der Waals surface area (Å²) < 4.78 is 16.8. The number of nitriles is 1. The van der Waals surface area contributed by atoms with Gasteiger partial charge in [0.05, 0.1) is 17.3 Å². The Kier molecular flexibility index (Phi) is 5.42. The van der Waals surface area contributed by atoms with Gasteiger partial charge in [-0.15, -0.1) is 0 Å². The van der Waals surface area contributed by atoms with Crippen LogP contribution in [0.4, 0.5) is 10.1 Å². The molecule has 0 bridgehead atoms. The molecule has 3 rings (SSSR count). The Labute approximate surface area is 156 Å². The van der Waals surface area contributed by atoms with Gasteiger partial charge in [0, 0.05) is 51.5 Å². The summed E-state index contributed by atoms with van der Waals surface area (Å²) in [5, 5.41) is 12.2. The van der Waals surface area contributed by atoms with E-state index in [9.17, 15) is 14.0 Å². The van der Waals surface area contributed by atoms with Crippen LogP contribution < -0.4 is 21.5 Å². The van der Waals surface area contributed by atoms with Crippen molar-refractivity contribution in [2.45, 2.75) is 25.4 Å². The fourth-order valence-corrected chi connectivity index (χ4v) is 3.45. The minimum atomic E-state index is -0.401. The van der Waals surface area contributed by atoms with Crippen molar-refractivity contribution in [1.29, 1.82) is 5.26 Å². The maximum absolute atomic E-state index is 14.3. The molecular formula is C19H22FN5O2. The third-order valence-corrected chi connectivity index (χ3v) is 4.94. The number of nitrogens with one attached hydrogen (secondary N) is 1. The predicted octanol–water partition coefficient (Wildman–Crippen LogP) is 0.853. The SMILES string of the molecule is Cn1cc(CNC2CCCN(c3ccc(C#N)cc3F)C2)c(=O)n(C)c1=O. The van der Waals surface area contributed by atoms with Crippen LogP contribution in [-0.4, -0.2) is 28.3 Å². The second-order valence-electron chi connectivity index (χ2n) is 6.86. The molecule has 7 nitrogen and oxygen atoms in total. The smallest absolute Gasteiger partial charge is 0.330 e. The van der Waals surface area contributed by atoms with Gasteiger partial charge in [-0.05, 0) is 31.0 Å². The number of hydrogen-bond donors (Lipinski definition) is 1. The van der Waals surface area contributed by atoms with Crippen molar-refractivity contribution < 1.29 is 4.39 Å². The molecule has 0 saturated carbocycles. The molecule has 8 heteroatoms. The number of nitrogens with zero attached hydrogens (tertiary/aromatic N) is 4. The quantitative estimate of drug-likeness (QED) is 0.862. The lowest BCUT2D eigenvalue weighted by atomic mass is 10.0. The highest BCUT2D eigenvalue weighted by atomic mass is 19.1. The first-order valence-electron chi connectivity index (χ1n) is 8.84. The molecule has 1 N–H and O–H groups in total. The highest BCUT2D eigenvalue weighted by Crippen LogP contribution is 2.24. The summed E-state index contributed by atoms with van der Waals surface area (Å²) in [5.41, 5.74) is 0.633. The number of anilines is 1. The van der Waals surface area contributed by atoms with E-state index >= 15 is 0 Å². The monoisotopic (exact) mass is 371 g/mol. The second-order valence-corrected chi connectivity index (χ2v) is 6.86. The van der Waals surface area contributed by atoms with Crippen molar-refractivity contribution in [3.63, 3.8) is 0 Å². The normalized spacial score (nSPS) is 17.0. The lowest BCUT2D eigenvalue weighted by Crippen LogP contribution is -2.47. The molecule has 0 amide bonds. The van der Waals surface area contributed by atoms with Gasteiger partial charge in [-0.1, -0.05) is 0 Å². The van der Waals surface area contributed by atoms with Crippen LogP contribution in [0, 0.1) is 17.1 Å². The molecule has 1 aromatic carbocycles. The van der Waals surface area contributed by atoms with Crippen LogP contribution in [0.5, 0.6) is 0 Å². The summed E-state index contributed by atoms with van der Waals surface area (Å²) in [4.78, 5) is 26.0. The molecule has 2 aromatic rings. The molecule has 2 heterocycles. The largest absolute Gasteiger partial charge is 0.368 e. The Morgan fingerprint density at radius 1 is 1.33 bits per heavy atom. The molecule has 1 aliphatic rings. The summed E-state index contributed by atoms with van der Waals surface area (Å²) in [6, 6.07) is 6.53. The van der Waals surface area contributed by atoms with E-state index in [4.69, 9.17) is 5.26 Å². The first kappa shape index (κ1) is 18.9. The van der Waals surface area contributed by atoms with E-state index in [1.165, 1.54) is 17.7 Å². The Bertz CT molecular complexity index is 1000. The van der Waals surface area contributed by atoms with Crippen molar-refractivity contribution in [3.05, 3.63) is 62.2 Å². The minimum Gasteiger partial charge on any atom is -0.368 e. The Balaban J connectivity index is 1.70. The number of benzene rings is 1. The van der Waals surface area contributed by atoms with Crippen LogP contribution in [-0.2, 0) is 20.6 Å². The summed E-state index contributed by atoms with van der Waals surface area (Å²) in [6.07, 6.45) is 3.36. The van der Waals surface area contributed by atoms with Crippen molar-refractivity contribution >= 4 is 5.69 Å². The van der Waals surface area contributed by atoms with Gasteiger partial charge in [0.2, 0.25) is 0 Å². The van der Waals surface area contributed by atoms with Crippen LogP contribution in [0.15, 0.2) is 34.0 Å². The van der Waals surface area contributed by atoms with Gasteiger partial charge in [0.1, 0.15) is 5.82 Å². The summed E-state index contributed by atoms with van der Waals surface area (Å²) in [7, 11) is 3.07. The van der Waals surface area contributed by atoms with E-state index < -0.39 is 5.82 Å². The summed E-state index contributed by atoms with van der Waals surface area (Å²) in [5.74, 6) is -0.401. The molecule has 1 unspecified atom stereocenters. The third kappa shape index (κ3) is 3.93. The van der Waals surface area contributed by atoms with Crippen molar-refractivity contribution in [2.75, 3.05) is 18.0 Å². The van der Waals surface area contributed by atoms with Gasteiger partial charge in [0.15, 0.2) is 0 Å². The predicted molar refractivity (Wildman–Crippen MR) is 100 cm³/mol. The molecule has 27 heavy (non-hydrogen) atoms. The fraction of sp³-hybridized carbons (Fsp3) is 0.421. The number of piperidine rings is 1. The Morgan fingerprint density at radius 3 is 2.81 bits per heavy atom. The molecule has 1 saturated heterocycles. The minimum absolute atomic E-state index is 0.0933. The van der Waals surface area contributed by atoms with Gasteiger partial charge in [-0.25, -0.2) is 9.18 Å². The number of halogens is 1. The van der Waals surface area contributed by atoms with Crippen LogP contribution in [0.1, 0.15) is 24.0 Å². The van der Waals surface area contributed by atoms with Crippen LogP contribution in [0.3, 0.4) is 0 Å². The summed E-state index contributed by atoms with van der Waals surface area (Å²) >= 11 is 0. The average Bonchev–Trinajstić information content (AvgIpc) is 2.68. The van der Waals surface area contributed by atoms with E-state index in [1.807, 2.05) is 11.0 Å². The zero-order chi connectivity index (χ0) is 19.6. The fourth-order valence-electron chi connectivity index (χ4n) is 3.45. The van der Waals surface area contributed by atoms with E-state index in [0.29, 0.717) is 29.9 Å². The topological polar surface area (TPSA) is 83.1 Å². The molecule has 1 aliphatic heterocycles. The number of aromatic nitrogens is 2. The standard InChI is InChI=1S/C19H22FN5O2/c1-23-11-14(18(26)24(2)19(23)27)10-22-15-4-3-7-25(12-15)17-6-5-13(9-21)8-16(17)20/h5-6,8,11,15,22H,3-4,7,10,12H2,1-2H3. The highest BCUT2D eigenvalue weighted by Gasteiger charge is 2.22. The molecule has 142 valence electrons. The lowest BCUT2D eigenvalue weighted by molar-refractivity contribution is 0.416. The lowest BCUT2D eigenvalue weighted by Gasteiger charge is -2.35. The molecular weight excluding hydrogens is 349 g/mol. The molecule has 0 spiro atoms. The van der Waals surface area contributed by atoms with Crippen LogP contribution in [0.25, 0.3) is 0 Å². The number of rotatable bonds is 4. The van der Waals surface area contributed by atoms with E-state index in [0.717, 1.165) is 24.0 Å². The van der Waals surface area contributed by atoms with Crippen molar-refractivity contribution in [3.8, 4) is 6.07 Å². The Morgan fingerprint density at radius 2 is 2.11 bits per heavy atom. The molecule has 0 radical (unpaired) electrons. The van der Waals surface area contributed by atoms with E-state index in [-0.39, 0.29) is 17.3 Å². The molecule has 1 fully saturated rings. The molecule has 0 aliphatic carbocycles.